The van der Waals surface area contributed by atoms with Gasteiger partial charge in [-0.05, 0) is 30.3 Å². The minimum Gasteiger partial charge on any atom is -0.495 e. The van der Waals surface area contributed by atoms with E-state index in [-0.39, 0.29) is 12.4 Å². The Labute approximate surface area is 124 Å². The SMILES string of the molecule is COc1ccc(Br)cc1NCc1c(F)cccc1Cl. The van der Waals surface area contributed by atoms with Gasteiger partial charge in [0.25, 0.3) is 0 Å². The Morgan fingerprint density at radius 3 is 2.79 bits per heavy atom. The molecule has 100 valence electrons. The van der Waals surface area contributed by atoms with Gasteiger partial charge in [-0.25, -0.2) is 4.39 Å². The second-order valence-corrected chi connectivity index (χ2v) is 5.22. The number of methoxy groups -OCH3 is 1. The van der Waals surface area contributed by atoms with Gasteiger partial charge in [-0.15, -0.1) is 0 Å². The Morgan fingerprint density at radius 1 is 1.32 bits per heavy atom. The number of nitrogens with one attached hydrogen (secondary N) is 1. The first-order chi connectivity index (χ1) is 9.11. The smallest absolute Gasteiger partial charge is 0.142 e. The summed E-state index contributed by atoms with van der Waals surface area (Å²) in [5, 5.41) is 3.53. The van der Waals surface area contributed by atoms with Gasteiger partial charge in [0.2, 0.25) is 0 Å². The van der Waals surface area contributed by atoms with Crippen LogP contribution in [0.25, 0.3) is 0 Å². The molecular formula is C14H12BrClFNO. The van der Waals surface area contributed by atoms with Crippen molar-refractivity contribution in [3.8, 4) is 5.75 Å². The van der Waals surface area contributed by atoms with Crippen LogP contribution in [0.5, 0.6) is 5.75 Å². The molecule has 0 amide bonds. The third-order valence-electron chi connectivity index (χ3n) is 2.68. The van der Waals surface area contributed by atoms with Crippen molar-refractivity contribution in [1.29, 1.82) is 0 Å². The topological polar surface area (TPSA) is 21.3 Å². The number of rotatable bonds is 4. The molecule has 0 bridgehead atoms. The number of hydrogen-bond donors (Lipinski definition) is 1. The minimum atomic E-state index is -0.325. The van der Waals surface area contributed by atoms with Crippen molar-refractivity contribution in [1.82, 2.24) is 0 Å². The van der Waals surface area contributed by atoms with Crippen LogP contribution in [0.15, 0.2) is 40.9 Å². The molecule has 0 atom stereocenters. The summed E-state index contributed by atoms with van der Waals surface area (Å²) in [5.74, 6) is 0.365. The zero-order valence-electron chi connectivity index (χ0n) is 10.2. The monoisotopic (exact) mass is 343 g/mol. The molecule has 0 aromatic heterocycles. The van der Waals surface area contributed by atoms with E-state index in [1.807, 2.05) is 18.2 Å². The molecule has 2 aromatic rings. The molecule has 2 rings (SSSR count). The van der Waals surface area contributed by atoms with Gasteiger partial charge in [-0.2, -0.15) is 0 Å². The zero-order chi connectivity index (χ0) is 13.8. The molecule has 0 aliphatic heterocycles. The van der Waals surface area contributed by atoms with Gasteiger partial charge in [0.1, 0.15) is 11.6 Å². The highest BCUT2D eigenvalue weighted by Crippen LogP contribution is 2.29. The fourth-order valence-corrected chi connectivity index (χ4v) is 2.29. The lowest BCUT2D eigenvalue weighted by atomic mass is 10.2. The van der Waals surface area contributed by atoms with Gasteiger partial charge < -0.3 is 10.1 Å². The average Bonchev–Trinajstić information content (AvgIpc) is 2.38. The summed E-state index contributed by atoms with van der Waals surface area (Å²) >= 11 is 9.37. The van der Waals surface area contributed by atoms with Gasteiger partial charge in [-0.1, -0.05) is 33.6 Å². The van der Waals surface area contributed by atoms with Crippen molar-refractivity contribution >= 4 is 33.2 Å². The largest absolute Gasteiger partial charge is 0.495 e. The summed E-state index contributed by atoms with van der Waals surface area (Å²) < 4.78 is 19.8. The van der Waals surface area contributed by atoms with Crippen molar-refractivity contribution in [3.05, 3.63) is 57.3 Å². The Hall–Kier alpha value is -1.26. The molecule has 0 heterocycles. The Balaban J connectivity index is 2.21. The van der Waals surface area contributed by atoms with E-state index in [4.69, 9.17) is 16.3 Å². The van der Waals surface area contributed by atoms with E-state index in [0.717, 1.165) is 10.2 Å². The number of anilines is 1. The van der Waals surface area contributed by atoms with Crippen molar-refractivity contribution in [2.75, 3.05) is 12.4 Å². The summed E-state index contributed by atoms with van der Waals surface area (Å²) in [6.45, 7) is 0.290. The van der Waals surface area contributed by atoms with Gasteiger partial charge in [-0.3, -0.25) is 0 Å². The Bertz CT molecular complexity index is 571. The second kappa shape index (κ2) is 6.26. The lowest BCUT2D eigenvalue weighted by Crippen LogP contribution is -2.04. The van der Waals surface area contributed by atoms with E-state index >= 15 is 0 Å². The molecule has 0 aliphatic rings. The van der Waals surface area contributed by atoms with Crippen LogP contribution in [0.1, 0.15) is 5.56 Å². The van der Waals surface area contributed by atoms with Crippen molar-refractivity contribution < 1.29 is 9.13 Å². The molecule has 0 saturated carbocycles. The average molecular weight is 345 g/mol. The van der Waals surface area contributed by atoms with E-state index in [2.05, 4.69) is 21.2 Å². The van der Waals surface area contributed by atoms with Crippen molar-refractivity contribution in [2.45, 2.75) is 6.54 Å². The van der Waals surface area contributed by atoms with Crippen LogP contribution in [0.4, 0.5) is 10.1 Å². The van der Waals surface area contributed by atoms with E-state index < -0.39 is 0 Å². The van der Waals surface area contributed by atoms with Crippen molar-refractivity contribution in [3.63, 3.8) is 0 Å². The summed E-state index contributed by atoms with van der Waals surface area (Å²) in [6.07, 6.45) is 0. The highest BCUT2D eigenvalue weighted by Gasteiger charge is 2.08. The maximum absolute atomic E-state index is 13.6. The Morgan fingerprint density at radius 2 is 2.11 bits per heavy atom. The lowest BCUT2D eigenvalue weighted by Gasteiger charge is -2.13. The van der Waals surface area contributed by atoms with Crippen LogP contribution in [0.2, 0.25) is 5.02 Å². The normalized spacial score (nSPS) is 10.3. The fourth-order valence-electron chi connectivity index (χ4n) is 1.70. The summed E-state index contributed by atoms with van der Waals surface area (Å²) in [7, 11) is 1.59. The molecule has 1 N–H and O–H groups in total. The van der Waals surface area contributed by atoms with Gasteiger partial charge >= 0.3 is 0 Å². The molecular weight excluding hydrogens is 333 g/mol. The quantitative estimate of drug-likeness (QED) is 0.855. The molecule has 0 unspecified atom stereocenters. The summed E-state index contributed by atoms with van der Waals surface area (Å²) in [4.78, 5) is 0. The highest BCUT2D eigenvalue weighted by atomic mass is 79.9. The predicted octanol–water partition coefficient (Wildman–Crippen LogP) is 4.86. The van der Waals surface area contributed by atoms with Crippen LogP contribution < -0.4 is 10.1 Å². The van der Waals surface area contributed by atoms with E-state index in [9.17, 15) is 4.39 Å². The summed E-state index contributed by atoms with van der Waals surface area (Å²) in [5.41, 5.74) is 1.21. The first-order valence-electron chi connectivity index (χ1n) is 5.62. The molecule has 19 heavy (non-hydrogen) atoms. The number of benzene rings is 2. The van der Waals surface area contributed by atoms with Gasteiger partial charge in [0, 0.05) is 21.6 Å². The third kappa shape index (κ3) is 3.39. The molecule has 0 spiro atoms. The van der Waals surface area contributed by atoms with E-state index in [0.29, 0.717) is 16.3 Å². The number of halogens is 3. The second-order valence-electron chi connectivity index (χ2n) is 3.90. The minimum absolute atomic E-state index is 0.290. The standard InChI is InChI=1S/C14H12BrClFNO/c1-19-14-6-5-9(15)7-13(14)18-8-10-11(16)3-2-4-12(10)17/h2-7,18H,8H2,1H3. The summed E-state index contributed by atoms with van der Waals surface area (Å²) in [6, 6.07) is 10.2. The molecule has 0 aliphatic carbocycles. The molecule has 0 fully saturated rings. The predicted molar refractivity (Wildman–Crippen MR) is 79.4 cm³/mol. The molecule has 5 heteroatoms. The maximum Gasteiger partial charge on any atom is 0.142 e. The van der Waals surface area contributed by atoms with Crippen LogP contribution in [-0.4, -0.2) is 7.11 Å². The van der Waals surface area contributed by atoms with Crippen LogP contribution in [0.3, 0.4) is 0 Å². The number of ether oxygens (including phenoxy) is 1. The van der Waals surface area contributed by atoms with Gasteiger partial charge in [0.05, 0.1) is 12.8 Å². The maximum atomic E-state index is 13.6. The fraction of sp³-hybridized carbons (Fsp3) is 0.143. The third-order valence-corrected chi connectivity index (χ3v) is 3.53. The first kappa shape index (κ1) is 14.2. The van der Waals surface area contributed by atoms with Crippen molar-refractivity contribution in [2.24, 2.45) is 0 Å². The number of hydrogen-bond acceptors (Lipinski definition) is 2. The molecule has 0 radical (unpaired) electrons. The molecule has 2 nitrogen and oxygen atoms in total. The Kier molecular flexibility index (Phi) is 4.66. The van der Waals surface area contributed by atoms with Crippen LogP contribution in [0, 0.1) is 5.82 Å². The lowest BCUT2D eigenvalue weighted by molar-refractivity contribution is 0.416. The van der Waals surface area contributed by atoms with Crippen LogP contribution in [-0.2, 0) is 6.54 Å². The highest BCUT2D eigenvalue weighted by molar-refractivity contribution is 9.10. The van der Waals surface area contributed by atoms with Gasteiger partial charge in [0.15, 0.2) is 0 Å². The molecule has 0 saturated heterocycles. The van der Waals surface area contributed by atoms with E-state index in [1.165, 1.54) is 6.07 Å². The zero-order valence-corrected chi connectivity index (χ0v) is 12.6. The first-order valence-corrected chi connectivity index (χ1v) is 6.79. The molecule has 2 aromatic carbocycles. The van der Waals surface area contributed by atoms with Crippen LogP contribution >= 0.6 is 27.5 Å². The van der Waals surface area contributed by atoms with E-state index in [1.54, 1.807) is 19.2 Å².